The fourth-order valence-electron chi connectivity index (χ4n) is 4.08. The number of fused-ring (bicyclic) bond motifs is 1. The number of anilines is 1. The van der Waals surface area contributed by atoms with Gasteiger partial charge in [0.15, 0.2) is 17.4 Å². The Hall–Kier alpha value is -3.49. The van der Waals surface area contributed by atoms with Crippen LogP contribution in [0, 0.1) is 5.82 Å². The Morgan fingerprint density at radius 3 is 2.94 bits per heavy atom. The average molecular weight is 455 g/mol. The molecule has 2 aromatic heterocycles. The van der Waals surface area contributed by atoms with Gasteiger partial charge >= 0.3 is 5.97 Å². The Morgan fingerprint density at radius 2 is 2.15 bits per heavy atom. The Morgan fingerprint density at radius 1 is 1.27 bits per heavy atom. The van der Waals surface area contributed by atoms with Crippen LogP contribution in [0.4, 0.5) is 10.2 Å². The molecule has 1 atom stereocenters. The Bertz CT molecular complexity index is 1120. The number of hydrogen-bond acceptors (Lipinski definition) is 7. The zero-order valence-corrected chi connectivity index (χ0v) is 18.5. The van der Waals surface area contributed by atoms with Crippen LogP contribution in [0.25, 0.3) is 0 Å². The number of halogens is 1. The summed E-state index contributed by atoms with van der Waals surface area (Å²) in [6.07, 6.45) is 4.46. The zero-order chi connectivity index (χ0) is 23.2. The van der Waals surface area contributed by atoms with E-state index in [0.29, 0.717) is 23.7 Å². The summed E-state index contributed by atoms with van der Waals surface area (Å²) < 4.78 is 24.4. The highest BCUT2D eigenvalue weighted by molar-refractivity contribution is 5.68. The van der Waals surface area contributed by atoms with Crippen LogP contribution in [0.2, 0.25) is 0 Å². The Kier molecular flexibility index (Phi) is 7.16. The number of aliphatic carboxylic acids is 1. The topological polar surface area (TPSA) is 110 Å². The van der Waals surface area contributed by atoms with E-state index < -0.39 is 17.7 Å². The van der Waals surface area contributed by atoms with Gasteiger partial charge in [-0.15, -0.1) is 0 Å². The van der Waals surface area contributed by atoms with Gasteiger partial charge in [0, 0.05) is 31.0 Å². The SMILES string of the molecule is COc1ccc(C(CC(=O)O)Cc2nc(CCCc3ccc4c(n3)NCCC4)no2)cc1F. The monoisotopic (exact) mass is 454 g/mol. The number of aryl methyl sites for hydroxylation is 3. The smallest absolute Gasteiger partial charge is 0.303 e. The van der Waals surface area contributed by atoms with Crippen molar-refractivity contribution in [3.05, 3.63) is 64.7 Å². The highest BCUT2D eigenvalue weighted by Gasteiger charge is 2.21. The molecule has 0 saturated heterocycles. The number of rotatable bonds is 10. The molecule has 174 valence electrons. The second-order valence-electron chi connectivity index (χ2n) is 8.19. The lowest BCUT2D eigenvalue weighted by molar-refractivity contribution is -0.137. The van der Waals surface area contributed by atoms with Gasteiger partial charge in [0.05, 0.1) is 13.5 Å². The fraction of sp³-hybridized carbons (Fsp3) is 0.417. The Balaban J connectivity index is 1.36. The maximum Gasteiger partial charge on any atom is 0.303 e. The molecule has 2 N–H and O–H groups in total. The lowest BCUT2D eigenvalue weighted by atomic mass is 9.92. The van der Waals surface area contributed by atoms with Gasteiger partial charge in [-0.1, -0.05) is 17.3 Å². The summed E-state index contributed by atoms with van der Waals surface area (Å²) >= 11 is 0. The fourth-order valence-corrected chi connectivity index (χ4v) is 4.08. The number of carboxylic acid groups (broad SMARTS) is 1. The van der Waals surface area contributed by atoms with Crippen LogP contribution in [-0.2, 0) is 30.5 Å². The maximum absolute atomic E-state index is 14.1. The van der Waals surface area contributed by atoms with Gasteiger partial charge in [0.2, 0.25) is 5.89 Å². The normalized spacial score (nSPS) is 13.8. The summed E-state index contributed by atoms with van der Waals surface area (Å²) in [5, 5.41) is 16.7. The van der Waals surface area contributed by atoms with Crippen molar-refractivity contribution in [3.63, 3.8) is 0 Å². The summed E-state index contributed by atoms with van der Waals surface area (Å²) in [6.45, 7) is 0.959. The van der Waals surface area contributed by atoms with Crippen molar-refractivity contribution in [2.24, 2.45) is 0 Å². The van der Waals surface area contributed by atoms with Crippen LogP contribution in [-0.4, -0.2) is 39.9 Å². The first kappa shape index (κ1) is 22.7. The number of hydrogen-bond donors (Lipinski definition) is 2. The number of aromatic nitrogens is 3. The number of nitrogens with zero attached hydrogens (tertiary/aromatic N) is 3. The van der Waals surface area contributed by atoms with Gasteiger partial charge in [0.25, 0.3) is 0 Å². The molecule has 0 aliphatic carbocycles. The standard InChI is InChI=1S/C24H27FN4O4/c1-32-20-10-8-16(12-19(20)25)17(14-23(30)31)13-22-28-21(29-33-22)6-2-5-18-9-7-15-4-3-11-26-24(15)27-18/h7-10,12,17H,2-6,11,13-14H2,1H3,(H,26,27)(H,30,31). The molecule has 4 rings (SSSR count). The molecule has 1 aliphatic rings. The molecule has 3 aromatic rings. The molecular formula is C24H27FN4O4. The molecule has 8 nitrogen and oxygen atoms in total. The number of nitrogens with one attached hydrogen (secondary N) is 1. The van der Waals surface area contributed by atoms with E-state index in [1.54, 1.807) is 6.07 Å². The average Bonchev–Trinajstić information content (AvgIpc) is 3.25. The Labute approximate surface area is 191 Å². The van der Waals surface area contributed by atoms with Crippen LogP contribution >= 0.6 is 0 Å². The summed E-state index contributed by atoms with van der Waals surface area (Å²) in [5.41, 5.74) is 2.83. The van der Waals surface area contributed by atoms with E-state index in [-0.39, 0.29) is 18.6 Å². The molecule has 0 amide bonds. The number of methoxy groups -OCH3 is 1. The van der Waals surface area contributed by atoms with Gasteiger partial charge in [-0.2, -0.15) is 4.98 Å². The van der Waals surface area contributed by atoms with E-state index in [0.717, 1.165) is 43.7 Å². The highest BCUT2D eigenvalue weighted by Crippen LogP contribution is 2.28. The van der Waals surface area contributed by atoms with Crippen molar-refractivity contribution < 1.29 is 23.6 Å². The van der Waals surface area contributed by atoms with E-state index in [2.05, 4.69) is 27.6 Å². The quantitative estimate of drug-likeness (QED) is 0.474. The van der Waals surface area contributed by atoms with Crippen LogP contribution in [0.3, 0.4) is 0 Å². The molecule has 3 heterocycles. The molecule has 0 fully saturated rings. The molecule has 9 heteroatoms. The van der Waals surface area contributed by atoms with Gasteiger partial charge < -0.3 is 19.7 Å². The first-order valence-electron chi connectivity index (χ1n) is 11.1. The second-order valence-corrected chi connectivity index (χ2v) is 8.19. The van der Waals surface area contributed by atoms with Crippen molar-refractivity contribution in [3.8, 4) is 5.75 Å². The zero-order valence-electron chi connectivity index (χ0n) is 18.5. The lowest BCUT2D eigenvalue weighted by Gasteiger charge is -2.17. The first-order chi connectivity index (χ1) is 16.0. The summed E-state index contributed by atoms with van der Waals surface area (Å²) in [5.74, 6) is -0.0224. The minimum atomic E-state index is -0.983. The molecule has 0 spiro atoms. The summed E-state index contributed by atoms with van der Waals surface area (Å²) in [6, 6.07) is 8.65. The third kappa shape index (κ3) is 5.85. The van der Waals surface area contributed by atoms with E-state index in [1.807, 2.05) is 0 Å². The van der Waals surface area contributed by atoms with Crippen LogP contribution in [0.15, 0.2) is 34.9 Å². The lowest BCUT2D eigenvalue weighted by Crippen LogP contribution is -2.14. The highest BCUT2D eigenvalue weighted by atomic mass is 19.1. The minimum absolute atomic E-state index is 0.108. The molecule has 0 saturated carbocycles. The molecule has 1 aromatic carbocycles. The second kappa shape index (κ2) is 10.4. The van der Waals surface area contributed by atoms with Gasteiger partial charge in [-0.25, -0.2) is 9.37 Å². The molecule has 0 bridgehead atoms. The van der Waals surface area contributed by atoms with Gasteiger partial charge in [-0.05, 0) is 55.0 Å². The number of carboxylic acids is 1. The maximum atomic E-state index is 14.1. The molecule has 1 aliphatic heterocycles. The summed E-state index contributed by atoms with van der Waals surface area (Å²) in [7, 11) is 1.38. The number of benzene rings is 1. The third-order valence-corrected chi connectivity index (χ3v) is 5.78. The van der Waals surface area contributed by atoms with Crippen LogP contribution < -0.4 is 10.1 Å². The van der Waals surface area contributed by atoms with E-state index in [1.165, 1.54) is 24.8 Å². The van der Waals surface area contributed by atoms with Crippen LogP contribution in [0.1, 0.15) is 53.7 Å². The van der Waals surface area contributed by atoms with E-state index >= 15 is 0 Å². The summed E-state index contributed by atoms with van der Waals surface area (Å²) in [4.78, 5) is 20.5. The van der Waals surface area contributed by atoms with Crippen molar-refractivity contribution in [2.45, 2.75) is 50.9 Å². The van der Waals surface area contributed by atoms with Crippen molar-refractivity contribution >= 4 is 11.8 Å². The van der Waals surface area contributed by atoms with Crippen LogP contribution in [0.5, 0.6) is 5.75 Å². The molecular weight excluding hydrogens is 427 g/mol. The third-order valence-electron chi connectivity index (χ3n) is 5.78. The van der Waals surface area contributed by atoms with Gasteiger partial charge in [-0.3, -0.25) is 4.79 Å². The predicted molar refractivity (Wildman–Crippen MR) is 119 cm³/mol. The van der Waals surface area contributed by atoms with E-state index in [9.17, 15) is 14.3 Å². The molecule has 33 heavy (non-hydrogen) atoms. The van der Waals surface area contributed by atoms with E-state index in [4.69, 9.17) is 14.2 Å². The van der Waals surface area contributed by atoms with Crippen molar-refractivity contribution in [1.82, 2.24) is 15.1 Å². The first-order valence-corrected chi connectivity index (χ1v) is 11.1. The predicted octanol–water partition coefficient (Wildman–Crippen LogP) is 3.95. The molecule has 1 unspecified atom stereocenters. The minimum Gasteiger partial charge on any atom is -0.494 e. The number of carbonyl (C=O) groups is 1. The number of pyridine rings is 1. The largest absolute Gasteiger partial charge is 0.494 e. The number of ether oxygens (including phenoxy) is 1. The van der Waals surface area contributed by atoms with Crippen molar-refractivity contribution in [2.75, 3.05) is 19.0 Å². The molecule has 0 radical (unpaired) electrons. The van der Waals surface area contributed by atoms with Crippen molar-refractivity contribution in [1.29, 1.82) is 0 Å². The van der Waals surface area contributed by atoms with Gasteiger partial charge in [0.1, 0.15) is 5.82 Å².